The summed E-state index contributed by atoms with van der Waals surface area (Å²) in [6, 6.07) is 26.0. The number of nitrogens with one attached hydrogen (secondary N) is 1. The van der Waals surface area contributed by atoms with Crippen molar-refractivity contribution in [3.63, 3.8) is 0 Å². The molecule has 0 aliphatic rings. The molecule has 0 saturated carbocycles. The summed E-state index contributed by atoms with van der Waals surface area (Å²) in [5.41, 5.74) is 4.35. The second kappa shape index (κ2) is 15.2. The molecule has 0 bridgehead atoms. The number of nitrogens with zero attached hydrogens (tertiary/aromatic N) is 2. The third-order valence-electron chi connectivity index (χ3n) is 7.60. The number of sulfonamides is 1. The predicted octanol–water partition coefficient (Wildman–Crippen LogP) is 6.36. The highest BCUT2D eigenvalue weighted by atomic mass is 32.2. The molecule has 4 aromatic rings. The maximum Gasteiger partial charge on any atom is 0.264 e. The van der Waals surface area contributed by atoms with Crippen LogP contribution in [0.3, 0.4) is 0 Å². The minimum atomic E-state index is -4.20. The summed E-state index contributed by atoms with van der Waals surface area (Å²) in [5, 5.41) is 2.97. The van der Waals surface area contributed by atoms with Crippen LogP contribution in [0.15, 0.2) is 102 Å². The van der Waals surface area contributed by atoms with E-state index in [2.05, 4.69) is 5.32 Å². The van der Waals surface area contributed by atoms with Crippen molar-refractivity contribution in [3.8, 4) is 0 Å². The van der Waals surface area contributed by atoms with Gasteiger partial charge < -0.3 is 10.2 Å². The van der Waals surface area contributed by atoms with Crippen molar-refractivity contribution >= 4 is 27.5 Å². The molecular formula is C37H42FN3O4S. The number of carbonyl (C=O) groups is 2. The number of carbonyl (C=O) groups excluding carboxylic acids is 2. The van der Waals surface area contributed by atoms with Gasteiger partial charge in [-0.3, -0.25) is 13.9 Å². The average molecular weight is 644 g/mol. The van der Waals surface area contributed by atoms with Gasteiger partial charge in [-0.25, -0.2) is 12.8 Å². The van der Waals surface area contributed by atoms with E-state index in [-0.39, 0.29) is 29.7 Å². The van der Waals surface area contributed by atoms with Crippen LogP contribution in [0.5, 0.6) is 0 Å². The Balaban J connectivity index is 1.82. The second-order valence-electron chi connectivity index (χ2n) is 12.2. The van der Waals surface area contributed by atoms with E-state index in [1.54, 1.807) is 36.4 Å². The molecule has 2 amide bonds. The Kier molecular flexibility index (Phi) is 11.4. The Morgan fingerprint density at radius 3 is 1.98 bits per heavy atom. The van der Waals surface area contributed by atoms with Gasteiger partial charge >= 0.3 is 0 Å². The molecule has 0 radical (unpaired) electrons. The van der Waals surface area contributed by atoms with E-state index in [1.165, 1.54) is 29.2 Å². The molecule has 0 fully saturated rings. The quantitative estimate of drug-likeness (QED) is 0.184. The molecule has 0 aliphatic carbocycles. The SMILES string of the molecule is Cc1ccc(S(=O)(=O)N(CC(=O)N(Cc2ccc(F)cc2)[C@@H](Cc2ccccc2)C(=O)NCC(C)C)c2cc(C)cc(C)c2)cc1. The number of amides is 2. The number of hydrogen-bond acceptors (Lipinski definition) is 4. The van der Waals surface area contributed by atoms with Crippen LogP contribution in [0.2, 0.25) is 0 Å². The van der Waals surface area contributed by atoms with E-state index < -0.39 is 34.3 Å². The summed E-state index contributed by atoms with van der Waals surface area (Å²) in [7, 11) is -4.20. The molecule has 0 heterocycles. The highest BCUT2D eigenvalue weighted by molar-refractivity contribution is 7.92. The van der Waals surface area contributed by atoms with Crippen molar-refractivity contribution in [1.29, 1.82) is 0 Å². The van der Waals surface area contributed by atoms with E-state index in [4.69, 9.17) is 0 Å². The van der Waals surface area contributed by atoms with E-state index >= 15 is 0 Å². The number of benzene rings is 4. The molecule has 0 aliphatic heterocycles. The van der Waals surface area contributed by atoms with E-state index in [1.807, 2.05) is 71.0 Å². The van der Waals surface area contributed by atoms with E-state index in [0.717, 1.165) is 26.6 Å². The Hall–Kier alpha value is -4.50. The van der Waals surface area contributed by atoms with Crippen LogP contribution in [0.4, 0.5) is 10.1 Å². The Morgan fingerprint density at radius 2 is 1.39 bits per heavy atom. The van der Waals surface area contributed by atoms with Gasteiger partial charge in [0.1, 0.15) is 18.4 Å². The molecular weight excluding hydrogens is 601 g/mol. The first-order valence-electron chi connectivity index (χ1n) is 15.4. The Morgan fingerprint density at radius 1 is 0.783 bits per heavy atom. The number of rotatable bonds is 13. The third-order valence-corrected chi connectivity index (χ3v) is 9.39. The number of anilines is 1. The predicted molar refractivity (Wildman–Crippen MR) is 180 cm³/mol. The minimum absolute atomic E-state index is 0.0308. The van der Waals surface area contributed by atoms with Crippen molar-refractivity contribution < 1.29 is 22.4 Å². The monoisotopic (exact) mass is 643 g/mol. The van der Waals surface area contributed by atoms with Crippen molar-refractivity contribution in [1.82, 2.24) is 10.2 Å². The first-order valence-corrected chi connectivity index (χ1v) is 16.8. The fraction of sp³-hybridized carbons (Fsp3) is 0.297. The zero-order chi connectivity index (χ0) is 33.4. The summed E-state index contributed by atoms with van der Waals surface area (Å²) in [6.45, 7) is 9.37. The highest BCUT2D eigenvalue weighted by Gasteiger charge is 2.34. The fourth-order valence-corrected chi connectivity index (χ4v) is 6.62. The first kappa shape index (κ1) is 34.4. The van der Waals surface area contributed by atoms with Gasteiger partial charge in [0.25, 0.3) is 10.0 Å². The van der Waals surface area contributed by atoms with Gasteiger partial charge in [-0.1, -0.05) is 80.1 Å². The molecule has 9 heteroatoms. The lowest BCUT2D eigenvalue weighted by Crippen LogP contribution is -2.53. The van der Waals surface area contributed by atoms with Gasteiger partial charge in [0.05, 0.1) is 10.6 Å². The summed E-state index contributed by atoms with van der Waals surface area (Å²) in [5.74, 6) is -1.18. The van der Waals surface area contributed by atoms with Crippen LogP contribution >= 0.6 is 0 Å². The van der Waals surface area contributed by atoms with Crippen LogP contribution in [0.25, 0.3) is 0 Å². The van der Waals surface area contributed by atoms with Gasteiger partial charge in [-0.15, -0.1) is 0 Å². The molecule has 7 nitrogen and oxygen atoms in total. The van der Waals surface area contributed by atoms with Crippen molar-refractivity contribution in [2.75, 3.05) is 17.4 Å². The van der Waals surface area contributed by atoms with E-state index in [9.17, 15) is 22.4 Å². The zero-order valence-corrected chi connectivity index (χ0v) is 27.9. The molecule has 4 aromatic carbocycles. The van der Waals surface area contributed by atoms with Gasteiger partial charge in [0, 0.05) is 19.5 Å². The summed E-state index contributed by atoms with van der Waals surface area (Å²) >= 11 is 0. The Labute approximate surface area is 272 Å². The average Bonchev–Trinajstić information content (AvgIpc) is 3.01. The van der Waals surface area contributed by atoms with E-state index in [0.29, 0.717) is 17.8 Å². The molecule has 1 atom stereocenters. The summed E-state index contributed by atoms with van der Waals surface area (Å²) in [6.07, 6.45) is 0.200. The molecule has 0 unspecified atom stereocenters. The van der Waals surface area contributed by atoms with Gasteiger partial charge in [-0.2, -0.15) is 0 Å². The minimum Gasteiger partial charge on any atom is -0.354 e. The standard InChI is InChI=1S/C37H42FN3O4S/c1-26(2)23-39-37(43)35(22-30-9-7-6-8-10-30)40(24-31-13-15-32(38)16-14-31)36(42)25-41(33-20-28(4)19-29(5)21-33)46(44,45)34-17-11-27(3)12-18-34/h6-21,26,35H,22-25H2,1-5H3,(H,39,43)/t35-/m0/s1. The molecule has 242 valence electrons. The maximum atomic E-state index is 14.5. The molecule has 0 aromatic heterocycles. The van der Waals surface area contributed by atoms with Crippen LogP contribution in [-0.4, -0.2) is 44.3 Å². The van der Waals surface area contributed by atoms with Crippen molar-refractivity contribution in [2.45, 2.75) is 58.5 Å². The van der Waals surface area contributed by atoms with Crippen LogP contribution < -0.4 is 9.62 Å². The normalized spacial score (nSPS) is 12.1. The second-order valence-corrected chi connectivity index (χ2v) is 14.0. The van der Waals surface area contributed by atoms with Crippen LogP contribution in [0, 0.1) is 32.5 Å². The number of halogens is 1. The Bertz CT molecular complexity index is 1720. The van der Waals surface area contributed by atoms with Crippen molar-refractivity contribution in [2.24, 2.45) is 5.92 Å². The topological polar surface area (TPSA) is 86.8 Å². The smallest absolute Gasteiger partial charge is 0.264 e. The van der Waals surface area contributed by atoms with Gasteiger partial charge in [0.15, 0.2) is 0 Å². The number of aryl methyl sites for hydroxylation is 3. The van der Waals surface area contributed by atoms with Crippen LogP contribution in [-0.2, 0) is 32.6 Å². The lowest BCUT2D eigenvalue weighted by atomic mass is 10.0. The molecule has 46 heavy (non-hydrogen) atoms. The first-order chi connectivity index (χ1) is 21.8. The van der Waals surface area contributed by atoms with Crippen LogP contribution in [0.1, 0.15) is 41.7 Å². The maximum absolute atomic E-state index is 14.5. The number of hydrogen-bond donors (Lipinski definition) is 1. The zero-order valence-electron chi connectivity index (χ0n) is 27.0. The summed E-state index contributed by atoms with van der Waals surface area (Å²) in [4.78, 5) is 29.8. The van der Waals surface area contributed by atoms with Gasteiger partial charge in [-0.05, 0) is 85.3 Å². The van der Waals surface area contributed by atoms with Gasteiger partial charge in [0.2, 0.25) is 11.8 Å². The highest BCUT2D eigenvalue weighted by Crippen LogP contribution is 2.27. The fourth-order valence-electron chi connectivity index (χ4n) is 5.22. The molecule has 4 rings (SSSR count). The van der Waals surface area contributed by atoms with Crippen molar-refractivity contribution in [3.05, 3.63) is 131 Å². The molecule has 0 saturated heterocycles. The summed E-state index contributed by atoms with van der Waals surface area (Å²) < 4.78 is 43.4. The lowest BCUT2D eigenvalue weighted by Gasteiger charge is -2.34. The third kappa shape index (κ3) is 9.03. The largest absolute Gasteiger partial charge is 0.354 e. The molecule has 0 spiro atoms. The molecule has 1 N–H and O–H groups in total. The lowest BCUT2D eigenvalue weighted by molar-refractivity contribution is -0.140.